The van der Waals surface area contributed by atoms with Crippen LogP contribution in [0.2, 0.25) is 0 Å². The second-order valence-electron chi connectivity index (χ2n) is 13.1. The van der Waals surface area contributed by atoms with E-state index in [-0.39, 0.29) is 37.8 Å². The van der Waals surface area contributed by atoms with Crippen LogP contribution in [0.3, 0.4) is 0 Å². The third-order valence-electron chi connectivity index (χ3n) is 8.28. The Bertz CT molecular complexity index is 1650. The minimum atomic E-state index is -1.53. The first-order valence-electron chi connectivity index (χ1n) is 16.9. The van der Waals surface area contributed by atoms with Crippen LogP contribution in [-0.4, -0.2) is 79.9 Å². The smallest absolute Gasteiger partial charge is 0.407 e. The zero-order chi connectivity index (χ0) is 36.9. The molecule has 0 aliphatic carbocycles. The molecule has 0 aliphatic rings. The van der Waals surface area contributed by atoms with Crippen LogP contribution in [0.15, 0.2) is 78.3 Å². The molecule has 0 saturated carbocycles. The Labute approximate surface area is 307 Å². The summed E-state index contributed by atoms with van der Waals surface area (Å²) in [4.78, 5) is 46.9. The van der Waals surface area contributed by atoms with Gasteiger partial charge in [-0.25, -0.2) is 18.9 Å². The number of benzene rings is 2. The van der Waals surface area contributed by atoms with Crippen molar-refractivity contribution in [3.05, 3.63) is 105 Å². The average molecular weight is 737 g/mol. The molecule has 0 radical (unpaired) electrons. The Morgan fingerprint density at radius 1 is 0.843 bits per heavy atom. The molecule has 4 amide bonds. The van der Waals surface area contributed by atoms with Crippen molar-refractivity contribution in [2.24, 2.45) is 5.92 Å². The number of aliphatic hydroxyl groups excluding tert-OH is 2. The minimum Gasteiger partial charge on any atom is -0.444 e. The number of hydrogen-bond donors (Lipinski definition) is 5. The summed E-state index contributed by atoms with van der Waals surface area (Å²) in [5, 5.41) is 34.8. The van der Waals surface area contributed by atoms with Crippen molar-refractivity contribution in [3.8, 4) is 0 Å². The van der Waals surface area contributed by atoms with Crippen LogP contribution in [0.4, 0.5) is 9.59 Å². The molecule has 0 spiro atoms. The average Bonchev–Trinajstić information content (AvgIpc) is 3.82. The van der Waals surface area contributed by atoms with Gasteiger partial charge < -0.3 is 35.8 Å². The zero-order valence-corrected chi connectivity index (χ0v) is 31.2. The molecule has 5 N–H and O–H groups in total. The molecule has 0 saturated heterocycles. The predicted octanol–water partition coefficient (Wildman–Crippen LogP) is 4.88. The van der Waals surface area contributed by atoms with E-state index >= 15 is 0 Å². The Morgan fingerprint density at radius 3 is 1.94 bits per heavy atom. The van der Waals surface area contributed by atoms with Gasteiger partial charge in [0.1, 0.15) is 24.9 Å². The van der Waals surface area contributed by atoms with E-state index in [0.717, 1.165) is 26.7 Å². The van der Waals surface area contributed by atoms with Gasteiger partial charge in [-0.15, -0.1) is 11.3 Å². The van der Waals surface area contributed by atoms with Crippen LogP contribution in [-0.2, 0) is 35.5 Å². The summed E-state index contributed by atoms with van der Waals surface area (Å²) in [6.45, 7) is 8.02. The van der Waals surface area contributed by atoms with E-state index in [1.807, 2.05) is 79.9 Å². The van der Waals surface area contributed by atoms with Crippen LogP contribution in [0.5, 0.6) is 0 Å². The van der Waals surface area contributed by atoms with Gasteiger partial charge in [-0.1, -0.05) is 88.4 Å². The molecule has 14 heteroatoms. The summed E-state index contributed by atoms with van der Waals surface area (Å²) in [6.07, 6.45) is -1.88. The Balaban J connectivity index is 1.50. The molecule has 2 aromatic carbocycles. The highest BCUT2D eigenvalue weighted by molar-refractivity contribution is 7.09. The second-order valence-corrected chi connectivity index (χ2v) is 14.9. The summed E-state index contributed by atoms with van der Waals surface area (Å²) in [5.41, 5.74) is 2.38. The maximum absolute atomic E-state index is 13.9. The van der Waals surface area contributed by atoms with Crippen LogP contribution in [0.1, 0.15) is 60.3 Å². The number of hydrogen-bond acceptors (Lipinski definition) is 10. The normalized spacial score (nSPS) is 14.3. The second kappa shape index (κ2) is 19.3. The first kappa shape index (κ1) is 39.4. The summed E-state index contributed by atoms with van der Waals surface area (Å²) in [7, 11) is 1.64. The summed E-state index contributed by atoms with van der Waals surface area (Å²) >= 11 is 2.75. The van der Waals surface area contributed by atoms with Crippen LogP contribution in [0.25, 0.3) is 0 Å². The van der Waals surface area contributed by atoms with Crippen molar-refractivity contribution < 1.29 is 29.3 Å². The number of urea groups is 1. The number of rotatable bonds is 17. The van der Waals surface area contributed by atoms with Gasteiger partial charge in [-0.05, 0) is 47.5 Å². The maximum Gasteiger partial charge on any atom is 0.407 e. The molecule has 4 aromatic rings. The van der Waals surface area contributed by atoms with E-state index in [9.17, 15) is 24.6 Å². The fourth-order valence-electron chi connectivity index (χ4n) is 5.40. The standard InChI is InChI=1S/C37H48N6O6S2/c1-23(2)31(42-36(47)43(5)20-27-22-50-35(39-27)24(3)4)34(46)40-29(18-25-12-8-6-9-13-25)32(44)33(45)30(19-26-14-10-7-11-15-26)41-37(48)49-21-28-16-17-38-51-28/h6-17,22-24,29-33,44-45H,18-21H2,1-5H3,(H,40,46)(H,41,48)(H,42,47)/t29-,30-,31-,32+,33-/m0/s1. The van der Waals surface area contributed by atoms with E-state index in [4.69, 9.17) is 4.74 Å². The third kappa shape index (κ3) is 12.1. The topological polar surface area (TPSA) is 166 Å². The lowest BCUT2D eigenvalue weighted by molar-refractivity contribution is -0.126. The van der Waals surface area contributed by atoms with Crippen molar-refractivity contribution in [3.63, 3.8) is 0 Å². The number of aromatic nitrogens is 2. The quantitative estimate of drug-likeness (QED) is 0.102. The fourth-order valence-corrected chi connectivity index (χ4v) is 6.72. The molecule has 12 nitrogen and oxygen atoms in total. The zero-order valence-electron chi connectivity index (χ0n) is 29.6. The molecule has 0 bridgehead atoms. The number of aliphatic hydroxyl groups is 2. The molecule has 2 aromatic heterocycles. The largest absolute Gasteiger partial charge is 0.444 e. The molecule has 0 fully saturated rings. The van der Waals surface area contributed by atoms with Gasteiger partial charge in [0.2, 0.25) is 5.91 Å². The third-order valence-corrected chi connectivity index (χ3v) is 10.2. The Kier molecular flexibility index (Phi) is 14.9. The highest BCUT2D eigenvalue weighted by Crippen LogP contribution is 2.20. The van der Waals surface area contributed by atoms with Crippen molar-refractivity contribution in [2.75, 3.05) is 7.05 Å². The SMILES string of the molecule is CC(C)c1nc(CN(C)C(=O)N[C@H](C(=O)N[C@@H](Cc2ccccc2)[C@@H](O)[C@@H](O)[C@H](Cc2ccccc2)NC(=O)OCc2ccns2)C(C)C)cs1. The van der Waals surface area contributed by atoms with Gasteiger partial charge in [-0.3, -0.25) is 4.79 Å². The highest BCUT2D eigenvalue weighted by Gasteiger charge is 2.36. The molecule has 51 heavy (non-hydrogen) atoms. The van der Waals surface area contributed by atoms with Gasteiger partial charge in [0.15, 0.2) is 0 Å². The van der Waals surface area contributed by atoms with Gasteiger partial charge in [-0.2, -0.15) is 0 Å². The van der Waals surface area contributed by atoms with Crippen molar-refractivity contribution in [1.29, 1.82) is 0 Å². The van der Waals surface area contributed by atoms with Gasteiger partial charge in [0.25, 0.3) is 0 Å². The minimum absolute atomic E-state index is 0.000151. The van der Waals surface area contributed by atoms with Gasteiger partial charge in [0.05, 0.1) is 34.2 Å². The molecule has 2 heterocycles. The van der Waals surface area contributed by atoms with E-state index in [1.165, 1.54) is 16.4 Å². The van der Waals surface area contributed by atoms with E-state index in [0.29, 0.717) is 0 Å². The molecular weight excluding hydrogens is 689 g/mol. The number of ether oxygens (including phenoxy) is 1. The summed E-state index contributed by atoms with van der Waals surface area (Å²) < 4.78 is 9.39. The van der Waals surface area contributed by atoms with Gasteiger partial charge in [0, 0.05) is 24.5 Å². The predicted molar refractivity (Wildman–Crippen MR) is 198 cm³/mol. The van der Waals surface area contributed by atoms with Crippen LogP contribution in [0, 0.1) is 5.92 Å². The first-order chi connectivity index (χ1) is 24.4. The van der Waals surface area contributed by atoms with Crippen molar-refractivity contribution in [1.82, 2.24) is 30.2 Å². The lowest BCUT2D eigenvalue weighted by Crippen LogP contribution is -2.60. The van der Waals surface area contributed by atoms with Gasteiger partial charge >= 0.3 is 12.1 Å². The molecule has 4 rings (SSSR count). The fraction of sp³-hybridized carbons (Fsp3) is 0.432. The van der Waals surface area contributed by atoms with Crippen LogP contribution < -0.4 is 16.0 Å². The maximum atomic E-state index is 13.9. The summed E-state index contributed by atoms with van der Waals surface area (Å²) in [6, 6.07) is 16.8. The number of carbonyl (C=O) groups is 3. The number of alkyl carbamates (subject to hydrolysis) is 1. The molecule has 274 valence electrons. The number of thiazole rings is 1. The van der Waals surface area contributed by atoms with Crippen LogP contribution >= 0.6 is 22.9 Å². The Hall–Kier alpha value is -4.37. The number of nitrogens with one attached hydrogen (secondary N) is 3. The molecular formula is C37H48N6O6S2. The molecule has 0 unspecified atom stereocenters. The van der Waals surface area contributed by atoms with E-state index < -0.39 is 48.4 Å². The van der Waals surface area contributed by atoms with Crippen molar-refractivity contribution >= 4 is 40.9 Å². The summed E-state index contributed by atoms with van der Waals surface area (Å²) in [5.74, 6) is -0.553. The Morgan fingerprint density at radius 2 is 1.43 bits per heavy atom. The van der Waals surface area contributed by atoms with Crippen molar-refractivity contribution in [2.45, 2.75) is 89.9 Å². The van der Waals surface area contributed by atoms with E-state index in [1.54, 1.807) is 30.6 Å². The number of amides is 4. The lowest BCUT2D eigenvalue weighted by atomic mass is 9.90. The number of nitrogens with zero attached hydrogens (tertiary/aromatic N) is 3. The number of carbonyl (C=O) groups excluding carboxylic acids is 3. The highest BCUT2D eigenvalue weighted by atomic mass is 32.1. The molecule has 5 atom stereocenters. The monoisotopic (exact) mass is 736 g/mol. The molecule has 0 aliphatic heterocycles. The lowest BCUT2D eigenvalue weighted by Gasteiger charge is -2.34. The van der Waals surface area contributed by atoms with E-state index in [2.05, 4.69) is 39.2 Å². The first-order valence-corrected chi connectivity index (χ1v) is 18.6.